The van der Waals surface area contributed by atoms with Gasteiger partial charge in [0.05, 0.1) is 34.2 Å². The van der Waals surface area contributed by atoms with Gasteiger partial charge in [0.25, 0.3) is 0 Å². The second kappa shape index (κ2) is 32.5. The molecule has 0 spiro atoms. The van der Waals surface area contributed by atoms with Crippen molar-refractivity contribution in [2.45, 2.75) is 77.0 Å². The Kier molecular flexibility index (Phi) is 19.6. The zero-order valence-corrected chi connectivity index (χ0v) is 78.3. The molecule has 0 saturated heterocycles. The van der Waals surface area contributed by atoms with E-state index in [2.05, 4.69) is 462 Å². The summed E-state index contributed by atoms with van der Waals surface area (Å²) in [5, 5.41) is 0. The third-order valence-electron chi connectivity index (χ3n) is 30.3. The normalized spacial score (nSPS) is 13.7. The van der Waals surface area contributed by atoms with Gasteiger partial charge in [-0.1, -0.05) is 353 Å². The van der Waals surface area contributed by atoms with Crippen LogP contribution in [0.2, 0.25) is 0 Å². The summed E-state index contributed by atoms with van der Waals surface area (Å²) in [5.74, 6) is 0. The minimum absolute atomic E-state index is 0.153. The van der Waals surface area contributed by atoms with Crippen LogP contribution in [0, 0.1) is 0 Å². The van der Waals surface area contributed by atoms with E-state index in [9.17, 15) is 0 Å². The lowest BCUT2D eigenvalue weighted by atomic mass is 9.82. The summed E-state index contributed by atoms with van der Waals surface area (Å²) in [4.78, 5) is 31.6. The molecule has 138 heavy (non-hydrogen) atoms. The fourth-order valence-corrected chi connectivity index (χ4v) is 23.0. The van der Waals surface area contributed by atoms with E-state index in [1.54, 1.807) is 0 Å². The first-order chi connectivity index (χ1) is 67.4. The first-order valence-electron chi connectivity index (χ1n) is 48.0. The summed E-state index contributed by atoms with van der Waals surface area (Å²) in [6.07, 6.45) is 12.1. The lowest BCUT2D eigenvalue weighted by Crippen LogP contribution is -2.14. The molecule has 4 aliphatic carbocycles. The van der Waals surface area contributed by atoms with Crippen molar-refractivity contribution < 1.29 is 0 Å². The highest BCUT2D eigenvalue weighted by molar-refractivity contribution is 6.02. The number of hydrogen-bond donors (Lipinski definition) is 0. The summed E-state index contributed by atoms with van der Waals surface area (Å²) in [6.45, 7) is 18.7. The van der Waals surface area contributed by atoms with Crippen LogP contribution in [0.3, 0.4) is 0 Å². The minimum Gasteiger partial charge on any atom is -0.256 e. The van der Waals surface area contributed by atoms with Gasteiger partial charge in [0.2, 0.25) is 0 Å². The molecule has 0 amide bonds. The quantitative estimate of drug-likeness (QED) is 0.0959. The zero-order valence-electron chi connectivity index (χ0n) is 78.3. The summed E-state index contributed by atoms with van der Waals surface area (Å²) in [5.41, 5.74) is 52.8. The van der Waals surface area contributed by atoms with Gasteiger partial charge in [-0.15, -0.1) is 0 Å². The van der Waals surface area contributed by atoms with E-state index in [1.165, 1.54) is 89.0 Å². The molecule has 6 heteroatoms. The van der Waals surface area contributed by atoms with E-state index in [1.807, 2.05) is 30.6 Å². The number of aromatic nitrogens is 6. The highest BCUT2D eigenvalue weighted by atomic mass is 14.8. The van der Waals surface area contributed by atoms with Crippen molar-refractivity contribution in [2.75, 3.05) is 0 Å². The van der Waals surface area contributed by atoms with Crippen LogP contribution in [0.4, 0.5) is 0 Å². The molecule has 15 aromatic carbocycles. The molecule has 0 aliphatic heterocycles. The molecule has 25 rings (SSSR count). The van der Waals surface area contributed by atoms with Crippen molar-refractivity contribution in [3.8, 4) is 223 Å². The van der Waals surface area contributed by atoms with E-state index < -0.39 is 0 Å². The number of benzene rings is 15. The molecule has 21 aromatic rings. The van der Waals surface area contributed by atoms with Gasteiger partial charge >= 0.3 is 0 Å². The van der Waals surface area contributed by atoms with Crippen LogP contribution in [0.1, 0.15) is 99.9 Å². The van der Waals surface area contributed by atoms with E-state index >= 15 is 0 Å². The van der Waals surface area contributed by atoms with Gasteiger partial charge in [-0.05, 0) is 287 Å². The van der Waals surface area contributed by atoms with Crippen LogP contribution in [-0.4, -0.2) is 29.9 Å². The van der Waals surface area contributed by atoms with Crippen LogP contribution >= 0.6 is 0 Å². The highest BCUT2D eigenvalue weighted by Gasteiger charge is 2.40. The van der Waals surface area contributed by atoms with Crippen molar-refractivity contribution in [3.63, 3.8) is 0 Å². The molecule has 0 N–H and O–H groups in total. The molecule has 0 fully saturated rings. The Morgan fingerprint density at radius 2 is 0.333 bits per heavy atom. The fraction of sp³-hybridized carbons (Fsp3) is 0.0909. The fourth-order valence-electron chi connectivity index (χ4n) is 23.0. The van der Waals surface area contributed by atoms with Gasteiger partial charge in [-0.3, -0.25) is 29.9 Å². The van der Waals surface area contributed by atoms with Crippen LogP contribution in [-0.2, 0) is 21.7 Å². The van der Waals surface area contributed by atoms with Crippen LogP contribution in [0.15, 0.2) is 438 Å². The van der Waals surface area contributed by atoms with Gasteiger partial charge in [-0.2, -0.15) is 0 Å². The summed E-state index contributed by atoms with van der Waals surface area (Å²) >= 11 is 0. The van der Waals surface area contributed by atoms with Crippen molar-refractivity contribution in [1.82, 2.24) is 29.9 Å². The molecular weight excluding hydrogens is 1670 g/mol. The Morgan fingerprint density at radius 3 is 0.587 bits per heavy atom. The molecule has 0 unspecified atom stereocenters. The van der Waals surface area contributed by atoms with Crippen LogP contribution in [0.5, 0.6) is 0 Å². The zero-order chi connectivity index (χ0) is 92.9. The predicted molar refractivity (Wildman–Crippen MR) is 570 cm³/mol. The smallest absolute Gasteiger partial charge is 0.0886 e. The largest absolute Gasteiger partial charge is 0.256 e. The average molecular weight is 1770 g/mol. The van der Waals surface area contributed by atoms with Crippen LogP contribution in [0.25, 0.3) is 223 Å². The summed E-state index contributed by atoms with van der Waals surface area (Å²) < 4.78 is 0. The van der Waals surface area contributed by atoms with Crippen molar-refractivity contribution in [3.05, 3.63) is 482 Å². The Labute approximate surface area is 806 Å². The van der Waals surface area contributed by atoms with E-state index in [-0.39, 0.29) is 21.7 Å². The van der Waals surface area contributed by atoms with E-state index in [0.29, 0.717) is 0 Å². The molecular formula is C132H96N6. The number of hydrogen-bond acceptors (Lipinski definition) is 6. The van der Waals surface area contributed by atoms with Crippen molar-refractivity contribution in [2.24, 2.45) is 0 Å². The average Bonchev–Trinajstić information content (AvgIpc) is 1.58. The van der Waals surface area contributed by atoms with Gasteiger partial charge in [0.15, 0.2) is 0 Å². The first-order valence-corrected chi connectivity index (χ1v) is 48.0. The van der Waals surface area contributed by atoms with Gasteiger partial charge < -0.3 is 0 Å². The molecule has 0 bridgehead atoms. The maximum atomic E-state index is 5.37. The molecule has 0 saturated carbocycles. The standard InChI is InChI=1S/C132H96N6/c1-129(2)114-42-21-17-36-106(114)110-56-47-81(72-118(110)129)122-60-51-85(76-134-122)96-28-9-13-32-100(96)90-66-91(101-33-14-10-29-97(101)86-52-61-123(135-77-86)82-48-57-111-107-37-18-22-43-115(107)130(3,4)119(111)73-82)69-94(68-90)104-40-27-41-105(128(104)89-55-64-127(138-80-89)126-46-25-26-65-133-126)95-70-92(102-34-15-11-30-98(102)87-53-62-124(136-78-87)83-49-58-112-108-38-19-23-44-116(108)131(5,6)120(112)74-83)67-93(71-95)103-35-16-12-31-99(103)88-54-63-125(137-79-88)84-50-59-113-109-39-20-24-45-117(109)132(7,8)121(113)75-84/h9-80H,1-8H3. The number of fused-ring (bicyclic) bond motifs is 12. The third kappa shape index (κ3) is 13.8. The monoisotopic (exact) mass is 1760 g/mol. The second-order valence-electron chi connectivity index (χ2n) is 39.6. The van der Waals surface area contributed by atoms with Crippen molar-refractivity contribution in [1.29, 1.82) is 0 Å². The summed E-state index contributed by atoms with van der Waals surface area (Å²) in [7, 11) is 0. The maximum absolute atomic E-state index is 5.37. The van der Waals surface area contributed by atoms with E-state index in [0.717, 1.165) is 179 Å². The van der Waals surface area contributed by atoms with Gasteiger partial charge in [0.1, 0.15) is 0 Å². The Morgan fingerprint density at radius 1 is 0.130 bits per heavy atom. The number of nitrogens with zero attached hydrogens (tertiary/aromatic N) is 6. The molecule has 6 heterocycles. The van der Waals surface area contributed by atoms with Gasteiger partial charge in [-0.25, -0.2) is 0 Å². The van der Waals surface area contributed by atoms with Gasteiger partial charge in [0, 0.05) is 109 Å². The molecule has 6 aromatic heterocycles. The SMILES string of the molecule is CC1(C)c2ccccc2-c2ccc(-c3ccc(-c4ccccc4-c4cc(-c5ccccc5-c5ccc(-c6ccc7c(c6)C(C)(C)c6ccccc6-7)nc5)cc(-c5cccc(-c6cc(-c7ccccc7-c7ccc(-c8ccc9c(c8)C(C)(C)c8ccccc8-9)nc7)cc(-c7ccccc7-c7ccc(-c8ccc9c(c8)C(C)(C)c8ccccc8-9)nc7)c6)c5-c5ccc(-c6ccccn6)nc5)c4)cn3)cc21. The highest BCUT2D eigenvalue weighted by Crippen LogP contribution is 2.56. The lowest BCUT2D eigenvalue weighted by molar-refractivity contribution is 0.660. The topological polar surface area (TPSA) is 77.3 Å². The Bertz CT molecular complexity index is 7630. The van der Waals surface area contributed by atoms with E-state index in [4.69, 9.17) is 29.9 Å². The molecule has 0 radical (unpaired) electrons. The molecule has 4 aliphatic rings. The van der Waals surface area contributed by atoms with Crippen LogP contribution < -0.4 is 0 Å². The second-order valence-corrected chi connectivity index (χ2v) is 39.6. The molecule has 6 nitrogen and oxygen atoms in total. The Hall–Kier alpha value is -16.8. The first kappa shape index (κ1) is 83.1. The molecule has 654 valence electrons. The van der Waals surface area contributed by atoms with Crippen molar-refractivity contribution >= 4 is 0 Å². The molecule has 0 atom stereocenters. The number of rotatable bonds is 16. The Balaban J connectivity index is 0.663. The predicted octanol–water partition coefficient (Wildman–Crippen LogP) is 34.0. The summed E-state index contributed by atoms with van der Waals surface area (Å²) in [6, 6.07) is 148. The maximum Gasteiger partial charge on any atom is 0.0886 e. The lowest BCUT2D eigenvalue weighted by Gasteiger charge is -2.22. The number of pyridine rings is 6. The minimum atomic E-state index is -0.153. The third-order valence-corrected chi connectivity index (χ3v) is 30.3.